The van der Waals surface area contributed by atoms with Gasteiger partial charge in [0.05, 0.1) is 29.6 Å². The molecule has 1 fully saturated rings. The maximum Gasteiger partial charge on any atom is 0.278 e. The van der Waals surface area contributed by atoms with E-state index in [1.807, 2.05) is 13.8 Å². The minimum absolute atomic E-state index is 0.0295. The molecule has 3 aromatic heterocycles. The first-order chi connectivity index (χ1) is 16.2. The Hall–Kier alpha value is -3.38. The molecule has 12 heteroatoms. The lowest BCUT2D eigenvalue weighted by Crippen LogP contribution is -2.40. The number of fused-ring (bicyclic) bond motifs is 3. The predicted octanol–water partition coefficient (Wildman–Crippen LogP) is 1.52. The third-order valence-electron chi connectivity index (χ3n) is 6.33. The summed E-state index contributed by atoms with van der Waals surface area (Å²) in [5.41, 5.74) is 9.34. The second kappa shape index (κ2) is 8.44. The van der Waals surface area contributed by atoms with Crippen molar-refractivity contribution < 1.29 is 14.7 Å². The molecular weight excluding hydrogens is 456 g/mol. The number of nitrogens with two attached hydrogens (primary N) is 1. The number of nitrogens with one attached hydrogen (secondary N) is 2. The Balaban J connectivity index is 1.32. The number of aliphatic hydroxyl groups is 1. The molecule has 34 heavy (non-hydrogen) atoms. The number of amides is 2. The van der Waals surface area contributed by atoms with Gasteiger partial charge in [-0.2, -0.15) is 5.10 Å². The molecule has 178 valence electrons. The largest absolute Gasteiger partial charge is 0.393 e. The van der Waals surface area contributed by atoms with E-state index >= 15 is 0 Å². The molecule has 1 aliphatic carbocycles. The molecule has 0 radical (unpaired) electrons. The summed E-state index contributed by atoms with van der Waals surface area (Å²) in [7, 11) is 0. The predicted molar refractivity (Wildman–Crippen MR) is 126 cm³/mol. The van der Waals surface area contributed by atoms with Gasteiger partial charge in [0.25, 0.3) is 5.91 Å². The zero-order valence-corrected chi connectivity index (χ0v) is 19.8. The average molecular weight is 483 g/mol. The fourth-order valence-electron chi connectivity index (χ4n) is 4.65. The first kappa shape index (κ1) is 22.4. The Morgan fingerprint density at radius 3 is 2.85 bits per heavy atom. The quantitative estimate of drug-likeness (QED) is 0.435. The van der Waals surface area contributed by atoms with E-state index in [0.29, 0.717) is 54.6 Å². The molecule has 0 spiro atoms. The van der Waals surface area contributed by atoms with Crippen LogP contribution < -0.4 is 11.1 Å². The third kappa shape index (κ3) is 4.14. The normalized spacial score (nSPS) is 17.2. The summed E-state index contributed by atoms with van der Waals surface area (Å²) in [6, 6.07) is 0. The van der Waals surface area contributed by atoms with E-state index in [1.165, 1.54) is 11.3 Å². The number of hydrogen-bond acceptors (Lipinski definition) is 9. The number of likely N-dealkylation sites (tertiary alicyclic amines) is 1. The van der Waals surface area contributed by atoms with Gasteiger partial charge in [-0.05, 0) is 30.2 Å². The summed E-state index contributed by atoms with van der Waals surface area (Å²) in [5, 5.41) is 21.9. The zero-order chi connectivity index (χ0) is 24.0. The van der Waals surface area contributed by atoms with E-state index in [0.717, 1.165) is 11.1 Å². The molecule has 2 amide bonds. The number of carbonyl (C=O) groups is 2. The van der Waals surface area contributed by atoms with Crippen LogP contribution in [0.2, 0.25) is 0 Å². The SMILES string of the molecule is CC1(C)Cc2cnc(N)nc2-c2[nH]nc(C(=O)Nc3nc(CC(=O)N4CCC(O)CC4)cs3)c21. The molecule has 4 heterocycles. The summed E-state index contributed by atoms with van der Waals surface area (Å²) in [6.45, 7) is 5.19. The van der Waals surface area contributed by atoms with Crippen molar-refractivity contribution in [2.45, 2.75) is 51.0 Å². The number of nitrogen functional groups attached to an aromatic ring is 1. The third-order valence-corrected chi connectivity index (χ3v) is 7.14. The highest BCUT2D eigenvalue weighted by Crippen LogP contribution is 2.42. The first-order valence-corrected chi connectivity index (χ1v) is 12.0. The van der Waals surface area contributed by atoms with Crippen molar-refractivity contribution in [3.05, 3.63) is 34.1 Å². The monoisotopic (exact) mass is 482 g/mol. The minimum atomic E-state index is -0.381. The number of aromatic amines is 1. The van der Waals surface area contributed by atoms with E-state index < -0.39 is 0 Å². The molecule has 5 N–H and O–H groups in total. The van der Waals surface area contributed by atoms with E-state index in [9.17, 15) is 14.7 Å². The van der Waals surface area contributed by atoms with E-state index in [-0.39, 0.29) is 41.4 Å². The first-order valence-electron chi connectivity index (χ1n) is 11.1. The van der Waals surface area contributed by atoms with Crippen LogP contribution in [0.4, 0.5) is 11.1 Å². The van der Waals surface area contributed by atoms with Gasteiger partial charge in [-0.25, -0.2) is 15.0 Å². The smallest absolute Gasteiger partial charge is 0.278 e. The number of aliphatic hydroxyl groups excluding tert-OH is 1. The van der Waals surface area contributed by atoms with Crippen LogP contribution >= 0.6 is 11.3 Å². The number of aromatic nitrogens is 5. The summed E-state index contributed by atoms with van der Waals surface area (Å²) >= 11 is 1.26. The lowest BCUT2D eigenvalue weighted by Gasteiger charge is -2.31. The van der Waals surface area contributed by atoms with Gasteiger partial charge in [-0.1, -0.05) is 13.8 Å². The zero-order valence-electron chi connectivity index (χ0n) is 19.0. The molecule has 2 aliphatic rings. The summed E-state index contributed by atoms with van der Waals surface area (Å²) < 4.78 is 0. The number of nitrogens with zero attached hydrogens (tertiary/aromatic N) is 5. The van der Waals surface area contributed by atoms with Gasteiger partial charge >= 0.3 is 0 Å². The fraction of sp³-hybridized carbons (Fsp3) is 0.455. The van der Waals surface area contributed by atoms with Crippen molar-refractivity contribution in [1.29, 1.82) is 0 Å². The number of thiazole rings is 1. The van der Waals surface area contributed by atoms with Crippen LogP contribution in [-0.2, 0) is 23.1 Å². The molecule has 0 saturated carbocycles. The van der Waals surface area contributed by atoms with Gasteiger partial charge in [-0.15, -0.1) is 11.3 Å². The minimum Gasteiger partial charge on any atom is -0.393 e. The van der Waals surface area contributed by atoms with Crippen LogP contribution in [0, 0.1) is 0 Å². The molecule has 5 rings (SSSR count). The van der Waals surface area contributed by atoms with Crippen molar-refractivity contribution in [3.63, 3.8) is 0 Å². The maximum atomic E-state index is 13.1. The maximum absolute atomic E-state index is 13.1. The molecule has 0 bridgehead atoms. The number of anilines is 2. The number of rotatable bonds is 4. The Labute approximate surface area is 199 Å². The van der Waals surface area contributed by atoms with Crippen molar-refractivity contribution in [2.75, 3.05) is 24.1 Å². The van der Waals surface area contributed by atoms with Crippen LogP contribution in [0.25, 0.3) is 11.4 Å². The van der Waals surface area contributed by atoms with Crippen LogP contribution in [0.15, 0.2) is 11.6 Å². The van der Waals surface area contributed by atoms with Crippen molar-refractivity contribution in [3.8, 4) is 11.4 Å². The van der Waals surface area contributed by atoms with Crippen LogP contribution in [0.1, 0.15) is 54.0 Å². The average Bonchev–Trinajstić information content (AvgIpc) is 3.42. The summed E-state index contributed by atoms with van der Waals surface area (Å²) in [6.07, 6.45) is 3.38. The molecule has 0 atom stereocenters. The van der Waals surface area contributed by atoms with Crippen molar-refractivity contribution in [1.82, 2.24) is 30.0 Å². The van der Waals surface area contributed by atoms with Crippen molar-refractivity contribution in [2.24, 2.45) is 0 Å². The topological polar surface area (TPSA) is 163 Å². The van der Waals surface area contributed by atoms with Gasteiger partial charge in [0.1, 0.15) is 0 Å². The van der Waals surface area contributed by atoms with Crippen LogP contribution in [0.5, 0.6) is 0 Å². The van der Waals surface area contributed by atoms with Gasteiger partial charge in [0.2, 0.25) is 11.9 Å². The molecule has 0 aromatic carbocycles. The standard InChI is InChI=1S/C22H26N8O3S/c1-22(2)8-11-9-24-20(23)26-16(11)17-15(22)18(29-28-17)19(33)27-21-25-12(10-34-21)7-14(32)30-5-3-13(31)4-6-30/h9-10,13,31H,3-8H2,1-2H3,(H,28,29)(H2,23,24,26)(H,25,27,33). The highest BCUT2D eigenvalue weighted by atomic mass is 32.1. The lowest BCUT2D eigenvalue weighted by atomic mass is 9.73. The van der Waals surface area contributed by atoms with Gasteiger partial charge in [0, 0.05) is 30.2 Å². The molecule has 1 aliphatic heterocycles. The van der Waals surface area contributed by atoms with Gasteiger partial charge in [0.15, 0.2) is 10.8 Å². The molecular formula is C22H26N8O3S. The molecule has 0 unspecified atom stereocenters. The molecule has 1 saturated heterocycles. The highest BCUT2D eigenvalue weighted by Gasteiger charge is 2.38. The van der Waals surface area contributed by atoms with Crippen LogP contribution in [0.3, 0.4) is 0 Å². The van der Waals surface area contributed by atoms with Crippen molar-refractivity contribution >= 4 is 34.2 Å². The van der Waals surface area contributed by atoms with E-state index in [1.54, 1.807) is 16.5 Å². The van der Waals surface area contributed by atoms with Gasteiger partial charge in [-0.3, -0.25) is 20.0 Å². The fourth-order valence-corrected chi connectivity index (χ4v) is 5.36. The lowest BCUT2D eigenvalue weighted by molar-refractivity contribution is -0.132. The van der Waals surface area contributed by atoms with E-state index in [2.05, 4.69) is 30.5 Å². The van der Waals surface area contributed by atoms with E-state index in [4.69, 9.17) is 5.73 Å². The Kier molecular flexibility index (Phi) is 5.56. The second-order valence-corrected chi connectivity index (χ2v) is 10.2. The Bertz CT molecular complexity index is 1260. The number of piperidine rings is 1. The summed E-state index contributed by atoms with van der Waals surface area (Å²) in [5.74, 6) is -0.248. The van der Waals surface area contributed by atoms with Crippen LogP contribution in [-0.4, -0.2) is 66.2 Å². The molecule has 3 aromatic rings. The molecule has 11 nitrogen and oxygen atoms in total. The number of carbonyl (C=O) groups excluding carboxylic acids is 2. The highest BCUT2D eigenvalue weighted by molar-refractivity contribution is 7.14. The Morgan fingerprint density at radius 2 is 2.09 bits per heavy atom. The Morgan fingerprint density at radius 1 is 1.32 bits per heavy atom. The second-order valence-electron chi connectivity index (χ2n) is 9.37. The van der Waals surface area contributed by atoms with Gasteiger partial charge < -0.3 is 15.7 Å². The summed E-state index contributed by atoms with van der Waals surface area (Å²) in [4.78, 5) is 40.3. The number of H-pyrrole nitrogens is 1. The number of hydrogen-bond donors (Lipinski definition) is 4.